The minimum atomic E-state index is 0.691. The van der Waals surface area contributed by atoms with Crippen LogP contribution in [0.4, 0.5) is 0 Å². The Labute approximate surface area is 102 Å². The summed E-state index contributed by atoms with van der Waals surface area (Å²) in [7, 11) is 0. The number of thiazole rings is 1. The number of aromatic nitrogens is 1. The first-order valence-corrected chi connectivity index (χ1v) is 7.22. The van der Waals surface area contributed by atoms with Crippen LogP contribution in [-0.4, -0.2) is 17.6 Å². The van der Waals surface area contributed by atoms with Crippen LogP contribution in [0, 0.1) is 12.8 Å². The second kappa shape index (κ2) is 5.78. The minimum Gasteiger partial charge on any atom is -0.314 e. The lowest BCUT2D eigenvalue weighted by molar-refractivity contribution is 0.384. The standard InChI is InChI=1S/C13H22N2S/c1-10(12-5-3-4-6-12)14-8-7-13-9-15-11(2)16-13/h9-10,12,14H,3-8H2,1-2H3. The van der Waals surface area contributed by atoms with E-state index in [1.165, 1.54) is 35.6 Å². The van der Waals surface area contributed by atoms with Crippen molar-refractivity contribution in [2.24, 2.45) is 5.92 Å². The molecule has 1 unspecified atom stereocenters. The van der Waals surface area contributed by atoms with Crippen LogP contribution in [0.2, 0.25) is 0 Å². The second-order valence-electron chi connectivity index (χ2n) is 4.88. The molecular formula is C13H22N2S. The minimum absolute atomic E-state index is 0.691. The molecule has 1 N–H and O–H groups in total. The smallest absolute Gasteiger partial charge is 0.0896 e. The molecule has 3 heteroatoms. The van der Waals surface area contributed by atoms with E-state index in [9.17, 15) is 0 Å². The van der Waals surface area contributed by atoms with E-state index in [2.05, 4.69) is 24.1 Å². The third-order valence-electron chi connectivity index (χ3n) is 3.61. The van der Waals surface area contributed by atoms with Crippen LogP contribution in [0.25, 0.3) is 0 Å². The molecule has 1 saturated carbocycles. The molecule has 1 aliphatic carbocycles. The zero-order valence-corrected chi connectivity index (χ0v) is 11.1. The van der Waals surface area contributed by atoms with E-state index in [1.807, 2.05) is 17.5 Å². The van der Waals surface area contributed by atoms with Crippen LogP contribution in [-0.2, 0) is 6.42 Å². The molecule has 1 aromatic heterocycles. The van der Waals surface area contributed by atoms with Gasteiger partial charge in [-0.25, -0.2) is 4.98 Å². The van der Waals surface area contributed by atoms with Gasteiger partial charge in [-0.15, -0.1) is 11.3 Å². The summed E-state index contributed by atoms with van der Waals surface area (Å²) in [5.74, 6) is 0.920. The molecule has 0 bridgehead atoms. The molecule has 16 heavy (non-hydrogen) atoms. The predicted molar refractivity (Wildman–Crippen MR) is 70.0 cm³/mol. The molecule has 0 spiro atoms. The van der Waals surface area contributed by atoms with E-state index in [1.54, 1.807) is 0 Å². The highest BCUT2D eigenvalue weighted by Gasteiger charge is 2.20. The Hall–Kier alpha value is -0.410. The van der Waals surface area contributed by atoms with E-state index in [0.717, 1.165) is 18.9 Å². The molecule has 90 valence electrons. The maximum absolute atomic E-state index is 4.28. The van der Waals surface area contributed by atoms with Gasteiger partial charge in [0.25, 0.3) is 0 Å². The van der Waals surface area contributed by atoms with Gasteiger partial charge in [0, 0.05) is 23.7 Å². The van der Waals surface area contributed by atoms with Gasteiger partial charge in [0.1, 0.15) is 0 Å². The fraction of sp³-hybridized carbons (Fsp3) is 0.769. The van der Waals surface area contributed by atoms with Crippen molar-refractivity contribution in [2.45, 2.75) is 52.0 Å². The molecule has 1 fully saturated rings. The van der Waals surface area contributed by atoms with Gasteiger partial charge in [-0.3, -0.25) is 0 Å². The van der Waals surface area contributed by atoms with E-state index < -0.39 is 0 Å². The van der Waals surface area contributed by atoms with Gasteiger partial charge in [-0.05, 0) is 39.0 Å². The Morgan fingerprint density at radius 1 is 1.50 bits per heavy atom. The third kappa shape index (κ3) is 3.29. The summed E-state index contributed by atoms with van der Waals surface area (Å²) in [6.07, 6.45) is 8.86. The third-order valence-corrected chi connectivity index (χ3v) is 4.59. The lowest BCUT2D eigenvalue weighted by Crippen LogP contribution is -2.33. The highest BCUT2D eigenvalue weighted by atomic mass is 32.1. The van der Waals surface area contributed by atoms with Gasteiger partial charge in [-0.2, -0.15) is 0 Å². The largest absolute Gasteiger partial charge is 0.314 e. The molecule has 1 atom stereocenters. The number of aryl methyl sites for hydroxylation is 1. The fourth-order valence-electron chi connectivity index (χ4n) is 2.57. The van der Waals surface area contributed by atoms with E-state index in [4.69, 9.17) is 0 Å². The second-order valence-corrected chi connectivity index (χ2v) is 6.20. The van der Waals surface area contributed by atoms with Crippen molar-refractivity contribution >= 4 is 11.3 Å². The van der Waals surface area contributed by atoms with Crippen LogP contribution >= 0.6 is 11.3 Å². The Balaban J connectivity index is 1.67. The van der Waals surface area contributed by atoms with E-state index in [0.29, 0.717) is 6.04 Å². The average Bonchev–Trinajstić information content (AvgIpc) is 2.89. The Kier molecular flexibility index (Phi) is 4.36. The molecule has 0 saturated heterocycles. The maximum Gasteiger partial charge on any atom is 0.0896 e. The van der Waals surface area contributed by atoms with Crippen molar-refractivity contribution in [2.75, 3.05) is 6.54 Å². The molecule has 2 rings (SSSR count). The summed E-state index contributed by atoms with van der Waals surface area (Å²) < 4.78 is 0. The van der Waals surface area contributed by atoms with Gasteiger partial charge in [0.15, 0.2) is 0 Å². The quantitative estimate of drug-likeness (QED) is 0.852. The zero-order chi connectivity index (χ0) is 11.4. The molecule has 1 heterocycles. The summed E-state index contributed by atoms with van der Waals surface area (Å²) in [6.45, 7) is 5.51. The van der Waals surface area contributed by atoms with E-state index >= 15 is 0 Å². The molecule has 1 aliphatic rings. The first-order chi connectivity index (χ1) is 7.75. The van der Waals surface area contributed by atoms with Crippen molar-refractivity contribution in [1.82, 2.24) is 10.3 Å². The normalized spacial score (nSPS) is 19.1. The number of nitrogens with zero attached hydrogens (tertiary/aromatic N) is 1. The molecule has 0 aromatic carbocycles. The number of hydrogen-bond acceptors (Lipinski definition) is 3. The van der Waals surface area contributed by atoms with Crippen molar-refractivity contribution in [3.8, 4) is 0 Å². The average molecular weight is 238 g/mol. The van der Waals surface area contributed by atoms with Gasteiger partial charge in [-0.1, -0.05) is 12.8 Å². The monoisotopic (exact) mass is 238 g/mol. The number of hydrogen-bond donors (Lipinski definition) is 1. The van der Waals surface area contributed by atoms with Gasteiger partial charge in [0.2, 0.25) is 0 Å². The molecule has 2 nitrogen and oxygen atoms in total. The van der Waals surface area contributed by atoms with E-state index in [-0.39, 0.29) is 0 Å². The number of nitrogens with one attached hydrogen (secondary N) is 1. The zero-order valence-electron chi connectivity index (χ0n) is 10.3. The Morgan fingerprint density at radius 2 is 2.25 bits per heavy atom. The van der Waals surface area contributed by atoms with Crippen LogP contribution in [0.3, 0.4) is 0 Å². The number of rotatable bonds is 5. The molecule has 0 aliphatic heterocycles. The van der Waals surface area contributed by atoms with Crippen LogP contribution in [0.5, 0.6) is 0 Å². The van der Waals surface area contributed by atoms with Gasteiger partial charge in [0.05, 0.1) is 5.01 Å². The molecule has 1 aromatic rings. The lowest BCUT2D eigenvalue weighted by atomic mass is 10.00. The fourth-order valence-corrected chi connectivity index (χ4v) is 3.36. The van der Waals surface area contributed by atoms with Gasteiger partial charge >= 0.3 is 0 Å². The molecule has 0 radical (unpaired) electrons. The van der Waals surface area contributed by atoms with Crippen molar-refractivity contribution in [3.05, 3.63) is 16.1 Å². The van der Waals surface area contributed by atoms with Crippen LogP contribution in [0.15, 0.2) is 6.20 Å². The summed E-state index contributed by atoms with van der Waals surface area (Å²) in [5.41, 5.74) is 0. The first-order valence-electron chi connectivity index (χ1n) is 6.40. The predicted octanol–water partition coefficient (Wildman–Crippen LogP) is 3.16. The lowest BCUT2D eigenvalue weighted by Gasteiger charge is -2.20. The summed E-state index contributed by atoms with van der Waals surface area (Å²) >= 11 is 1.82. The molecular weight excluding hydrogens is 216 g/mol. The van der Waals surface area contributed by atoms with Crippen molar-refractivity contribution in [1.29, 1.82) is 0 Å². The van der Waals surface area contributed by atoms with Crippen molar-refractivity contribution < 1.29 is 0 Å². The first kappa shape index (κ1) is 12.1. The van der Waals surface area contributed by atoms with Crippen LogP contribution < -0.4 is 5.32 Å². The highest BCUT2D eigenvalue weighted by Crippen LogP contribution is 2.27. The van der Waals surface area contributed by atoms with Crippen LogP contribution in [0.1, 0.15) is 42.5 Å². The highest BCUT2D eigenvalue weighted by molar-refractivity contribution is 7.11. The summed E-state index contributed by atoms with van der Waals surface area (Å²) in [6, 6.07) is 0.691. The summed E-state index contributed by atoms with van der Waals surface area (Å²) in [4.78, 5) is 5.69. The SMILES string of the molecule is Cc1ncc(CCNC(C)C2CCCC2)s1. The maximum atomic E-state index is 4.28. The summed E-state index contributed by atoms with van der Waals surface area (Å²) in [5, 5.41) is 4.84. The Bertz CT molecular complexity index is 315. The Morgan fingerprint density at radius 3 is 2.88 bits per heavy atom. The molecule has 0 amide bonds. The van der Waals surface area contributed by atoms with Gasteiger partial charge < -0.3 is 5.32 Å². The van der Waals surface area contributed by atoms with Crippen molar-refractivity contribution in [3.63, 3.8) is 0 Å². The topological polar surface area (TPSA) is 24.9 Å².